The number of benzene rings is 7. The van der Waals surface area contributed by atoms with Crippen molar-refractivity contribution in [2.75, 3.05) is 0 Å². The van der Waals surface area contributed by atoms with Gasteiger partial charge in [-0.1, -0.05) is 199 Å². The second-order valence-corrected chi connectivity index (χ2v) is 27.1. The van der Waals surface area contributed by atoms with Crippen LogP contribution in [0.1, 0.15) is 107 Å². The molecule has 0 atom stereocenters. The SMILES string of the molecule is CC(C)Cc1cc(-c2[c-]ccc3c2oc2ccccc23)ncc1[Si](C)(C)C.CC(C)c1cc(-c2ccccc2)cc(C(C)C)c1-n1c(-c2[c-]cc(C3CCCC3)c3c2oc2ccccc23)nc2ccccc21.[Ir]. The number of imidazole rings is 1. The van der Waals surface area contributed by atoms with E-state index in [4.69, 9.17) is 18.8 Å². The minimum Gasteiger partial charge on any atom is -0.501 e. The monoisotopic (exact) mass is 1150 g/mol. The van der Waals surface area contributed by atoms with Crippen LogP contribution in [-0.4, -0.2) is 22.6 Å². The Morgan fingerprint density at radius 3 is 1.97 bits per heavy atom. The molecular weight excluding hydrogens is 1090 g/mol. The van der Waals surface area contributed by atoms with E-state index < -0.39 is 8.07 Å². The summed E-state index contributed by atoms with van der Waals surface area (Å²) in [4.78, 5) is 10.2. The van der Waals surface area contributed by atoms with Crippen molar-refractivity contribution in [2.24, 2.45) is 5.92 Å². The van der Waals surface area contributed by atoms with E-state index in [1.165, 1.54) is 80.7 Å². The minimum absolute atomic E-state index is 0. The number of rotatable bonds is 10. The fourth-order valence-corrected chi connectivity index (χ4v) is 12.9. The third-order valence-electron chi connectivity index (χ3n) is 14.8. The average Bonchev–Trinajstić information content (AvgIpc) is 4.20. The van der Waals surface area contributed by atoms with Gasteiger partial charge in [0.05, 0.1) is 36.1 Å². The van der Waals surface area contributed by atoms with Gasteiger partial charge < -0.3 is 18.4 Å². The molecule has 0 unspecified atom stereocenters. The van der Waals surface area contributed by atoms with Crippen LogP contribution in [0.5, 0.6) is 0 Å². The normalized spacial score (nSPS) is 13.3. The molecule has 1 fully saturated rings. The second-order valence-electron chi connectivity index (χ2n) is 22.1. The van der Waals surface area contributed by atoms with Crippen molar-refractivity contribution in [3.63, 3.8) is 0 Å². The van der Waals surface area contributed by atoms with Gasteiger partial charge in [-0.25, -0.2) is 0 Å². The molecule has 7 heteroatoms. The predicted octanol–water partition coefficient (Wildman–Crippen LogP) is 18.2. The number of hydrogen-bond acceptors (Lipinski definition) is 4. The van der Waals surface area contributed by atoms with Gasteiger partial charge in [-0.05, 0) is 99.6 Å². The molecule has 4 aromatic heterocycles. The Bertz CT molecular complexity index is 3740. The molecule has 73 heavy (non-hydrogen) atoms. The van der Waals surface area contributed by atoms with E-state index in [1.54, 1.807) is 0 Å². The largest absolute Gasteiger partial charge is 0.501 e. The topological polar surface area (TPSA) is 57.0 Å². The summed E-state index contributed by atoms with van der Waals surface area (Å²) in [5.41, 5.74) is 17.7. The zero-order valence-electron chi connectivity index (χ0n) is 43.7. The van der Waals surface area contributed by atoms with E-state index in [9.17, 15) is 0 Å². The Kier molecular flexibility index (Phi) is 14.1. The van der Waals surface area contributed by atoms with Crippen LogP contribution >= 0.6 is 0 Å². The average molecular weight is 1150 g/mol. The Balaban J connectivity index is 0.000000187. The minimum atomic E-state index is -1.44. The summed E-state index contributed by atoms with van der Waals surface area (Å²) in [5, 5.41) is 6.14. The summed E-state index contributed by atoms with van der Waals surface area (Å²) >= 11 is 0. The van der Waals surface area contributed by atoms with Crippen molar-refractivity contribution in [2.45, 2.75) is 111 Å². The summed E-state index contributed by atoms with van der Waals surface area (Å²) in [6, 6.07) is 56.5. The molecule has 0 spiro atoms. The standard InChI is InChI=1S/C42H39N2O.C24H26NOSi.Ir/c1-26(2)34-24-30(28-14-6-5-7-15-28)25-35(27(3)4)40(34)44-37-20-12-11-19-36(37)43-42(44)33-23-22-31(29-16-8-9-17-29)39-32-18-10-13-21-38(32)45-41(33)39;1-16(2)13-17-14-21(25-15-23(17)27(3,4)5)20-11-8-10-19-18-9-6-7-12-22(18)26-24(19)20;/h5-7,10-15,18-22,24-27,29H,8-9,16-17H2,1-4H3;6-10,12,14-16H,13H2,1-5H3;/q2*-1;. The smallest absolute Gasteiger partial charge is 0.120 e. The molecule has 11 aromatic rings. The van der Waals surface area contributed by atoms with Crippen molar-refractivity contribution in [1.29, 1.82) is 0 Å². The fraction of sp³-hybridized carbons (Fsp3) is 0.273. The van der Waals surface area contributed by atoms with Gasteiger partial charge in [0.25, 0.3) is 0 Å². The molecule has 7 aromatic carbocycles. The molecule has 0 saturated heterocycles. The summed E-state index contributed by atoms with van der Waals surface area (Å²) < 4.78 is 15.4. The van der Waals surface area contributed by atoms with Gasteiger partial charge in [0, 0.05) is 42.8 Å². The molecule has 0 bridgehead atoms. The van der Waals surface area contributed by atoms with Gasteiger partial charge in [-0.2, -0.15) is 0 Å². The van der Waals surface area contributed by atoms with E-state index in [1.807, 2.05) is 18.2 Å². The van der Waals surface area contributed by atoms with Gasteiger partial charge in [-0.3, -0.25) is 4.98 Å². The van der Waals surface area contributed by atoms with Gasteiger partial charge in [0.2, 0.25) is 0 Å². The Morgan fingerprint density at radius 2 is 1.29 bits per heavy atom. The number of nitrogens with zero attached hydrogens (tertiary/aromatic N) is 3. The fourth-order valence-electron chi connectivity index (χ4n) is 11.4. The third-order valence-corrected chi connectivity index (χ3v) is 16.9. The van der Waals surface area contributed by atoms with E-state index in [0.29, 0.717) is 23.7 Å². The first-order valence-electron chi connectivity index (χ1n) is 26.2. The third kappa shape index (κ3) is 9.46. The molecule has 1 aliphatic carbocycles. The first kappa shape index (κ1) is 50.2. The number of pyridine rings is 1. The van der Waals surface area contributed by atoms with Crippen molar-refractivity contribution < 1.29 is 28.9 Å². The molecule has 1 saturated carbocycles. The molecule has 0 amide bonds. The number of fused-ring (bicyclic) bond motifs is 7. The zero-order valence-corrected chi connectivity index (χ0v) is 47.1. The van der Waals surface area contributed by atoms with Crippen LogP contribution in [-0.2, 0) is 26.5 Å². The van der Waals surface area contributed by atoms with Gasteiger partial charge in [-0.15, -0.1) is 35.9 Å². The number of aromatic nitrogens is 3. The summed E-state index contributed by atoms with van der Waals surface area (Å²) in [6.07, 6.45) is 8.20. The number of hydrogen-bond donors (Lipinski definition) is 0. The quantitative estimate of drug-likeness (QED) is 0.101. The van der Waals surface area contributed by atoms with Crippen LogP contribution in [0.15, 0.2) is 155 Å². The van der Waals surface area contributed by atoms with E-state index in [-0.39, 0.29) is 20.1 Å². The molecule has 4 heterocycles. The van der Waals surface area contributed by atoms with Crippen LogP contribution in [0.2, 0.25) is 19.6 Å². The van der Waals surface area contributed by atoms with Crippen molar-refractivity contribution in [3.05, 3.63) is 180 Å². The Labute approximate surface area is 445 Å². The van der Waals surface area contributed by atoms with E-state index >= 15 is 0 Å². The van der Waals surface area contributed by atoms with Crippen LogP contribution in [0.25, 0.3) is 94.4 Å². The molecule has 5 nitrogen and oxygen atoms in total. The Hall–Kier alpha value is -6.37. The van der Waals surface area contributed by atoms with Crippen molar-refractivity contribution in [1.82, 2.24) is 14.5 Å². The molecule has 371 valence electrons. The zero-order chi connectivity index (χ0) is 49.8. The van der Waals surface area contributed by atoms with Crippen molar-refractivity contribution >= 4 is 68.2 Å². The van der Waals surface area contributed by atoms with Gasteiger partial charge in [0.1, 0.15) is 11.2 Å². The predicted molar refractivity (Wildman–Crippen MR) is 305 cm³/mol. The first-order chi connectivity index (χ1) is 34.8. The molecule has 0 N–H and O–H groups in total. The van der Waals surface area contributed by atoms with Crippen LogP contribution < -0.4 is 5.19 Å². The van der Waals surface area contributed by atoms with Crippen LogP contribution in [0.4, 0.5) is 0 Å². The number of para-hydroxylation sites is 4. The number of furan rings is 2. The molecule has 1 aliphatic rings. The summed E-state index contributed by atoms with van der Waals surface area (Å²) in [7, 11) is -1.44. The van der Waals surface area contributed by atoms with Gasteiger partial charge >= 0.3 is 0 Å². The molecular formula is C66H65IrN3O2Si-2. The maximum Gasteiger partial charge on any atom is 0.120 e. The van der Waals surface area contributed by atoms with E-state index in [2.05, 4.69) is 205 Å². The first-order valence-corrected chi connectivity index (χ1v) is 29.7. The van der Waals surface area contributed by atoms with E-state index in [0.717, 1.165) is 73.2 Å². The summed E-state index contributed by atoms with van der Waals surface area (Å²) in [5.74, 6) is 2.64. The van der Waals surface area contributed by atoms with Gasteiger partial charge in [0.15, 0.2) is 0 Å². The van der Waals surface area contributed by atoms with Crippen molar-refractivity contribution in [3.8, 4) is 39.5 Å². The Morgan fingerprint density at radius 1 is 0.658 bits per heavy atom. The van der Waals surface area contributed by atoms with Crippen LogP contribution in [0, 0.1) is 18.1 Å². The molecule has 1 radical (unpaired) electrons. The summed E-state index contributed by atoms with van der Waals surface area (Å²) in [6.45, 7) is 20.9. The second kappa shape index (κ2) is 20.5. The maximum atomic E-state index is 6.77. The molecule has 12 rings (SSSR count). The van der Waals surface area contributed by atoms with Crippen LogP contribution in [0.3, 0.4) is 0 Å². The molecule has 0 aliphatic heterocycles. The maximum absolute atomic E-state index is 6.77.